The third kappa shape index (κ3) is 14.0. The summed E-state index contributed by atoms with van der Waals surface area (Å²) in [6.45, 7) is 3.40. The van der Waals surface area contributed by atoms with E-state index in [0.717, 1.165) is 23.3 Å². The molecule has 16 nitrogen and oxygen atoms in total. The van der Waals surface area contributed by atoms with Crippen LogP contribution in [0.25, 0.3) is 6.08 Å². The summed E-state index contributed by atoms with van der Waals surface area (Å²) in [4.78, 5) is 63.2. The average Bonchev–Trinajstić information content (AvgIpc) is 3.24. The summed E-state index contributed by atoms with van der Waals surface area (Å²) in [5, 5.41) is 28.1. The van der Waals surface area contributed by atoms with Gasteiger partial charge in [0.05, 0.1) is 6.54 Å². The molecular formula is C27H42N6O10P2. The lowest BCUT2D eigenvalue weighted by atomic mass is 10.1. The van der Waals surface area contributed by atoms with Crippen LogP contribution in [0.4, 0.5) is 0 Å². The molecule has 250 valence electrons. The van der Waals surface area contributed by atoms with Gasteiger partial charge >= 0.3 is 21.2 Å². The van der Waals surface area contributed by atoms with Gasteiger partial charge in [-0.15, -0.1) is 4.73 Å². The second kappa shape index (κ2) is 16.6. The van der Waals surface area contributed by atoms with Gasteiger partial charge in [-0.2, -0.15) is 0 Å². The van der Waals surface area contributed by atoms with Gasteiger partial charge in [0.1, 0.15) is 12.6 Å². The molecule has 0 aliphatic carbocycles. The third-order valence-electron chi connectivity index (χ3n) is 6.95. The minimum atomic E-state index is -4.45. The van der Waals surface area contributed by atoms with E-state index in [1.807, 2.05) is 42.2 Å². The van der Waals surface area contributed by atoms with E-state index >= 15 is 0 Å². The fraction of sp³-hybridized carbons (Fsp3) is 0.481. The Morgan fingerprint density at radius 1 is 0.800 bits per heavy atom. The predicted molar refractivity (Wildman–Crippen MR) is 167 cm³/mol. The van der Waals surface area contributed by atoms with E-state index in [2.05, 4.69) is 0 Å². The van der Waals surface area contributed by atoms with Crippen molar-refractivity contribution < 1.29 is 48.5 Å². The fourth-order valence-electron chi connectivity index (χ4n) is 4.77. The molecular weight excluding hydrogens is 630 g/mol. The highest BCUT2D eigenvalue weighted by molar-refractivity contribution is 7.51. The van der Waals surface area contributed by atoms with Crippen molar-refractivity contribution in [1.29, 1.82) is 5.41 Å². The van der Waals surface area contributed by atoms with E-state index in [1.54, 1.807) is 20.8 Å². The molecule has 1 aromatic heterocycles. The fourth-order valence-corrected chi connectivity index (χ4v) is 6.38. The first-order valence-corrected chi connectivity index (χ1v) is 17.8. The molecule has 2 aromatic rings. The van der Waals surface area contributed by atoms with Crippen molar-refractivity contribution >= 4 is 32.9 Å². The largest absolute Gasteiger partial charge is 0.492 e. The molecule has 45 heavy (non-hydrogen) atoms. The Morgan fingerprint density at radius 3 is 1.73 bits per heavy atom. The smallest absolute Gasteiger partial charge is 0.347 e. The van der Waals surface area contributed by atoms with E-state index in [9.17, 15) is 43.7 Å². The molecule has 1 saturated heterocycles. The Bertz CT molecular complexity index is 1360. The first-order chi connectivity index (χ1) is 21.1. The number of aryl methyl sites for hydroxylation is 1. The number of nitrogens with zero attached hydrogens (tertiary/aromatic N) is 5. The van der Waals surface area contributed by atoms with Gasteiger partial charge in [-0.05, 0) is 18.6 Å². The normalized spacial score (nSPS) is 17.6. The highest BCUT2D eigenvalue weighted by Crippen LogP contribution is 2.36. The minimum absolute atomic E-state index is 0.134. The first kappa shape index (κ1) is 36.6. The quantitative estimate of drug-likeness (QED) is 0.127. The molecule has 7 N–H and O–H groups in total. The van der Waals surface area contributed by atoms with E-state index in [4.69, 9.17) is 10.2 Å². The van der Waals surface area contributed by atoms with Crippen LogP contribution < -0.4 is 4.84 Å². The molecule has 0 unspecified atom stereocenters. The van der Waals surface area contributed by atoms with Crippen LogP contribution in [0, 0.1) is 12.3 Å². The molecule has 0 bridgehead atoms. The van der Waals surface area contributed by atoms with Crippen molar-refractivity contribution in [2.45, 2.75) is 6.92 Å². The van der Waals surface area contributed by atoms with Crippen LogP contribution in [0.5, 0.6) is 11.8 Å². The number of hydrogen-bond acceptors (Lipinski definition) is 11. The molecule has 3 rings (SSSR count). The summed E-state index contributed by atoms with van der Waals surface area (Å²) >= 11 is 0. The Labute approximate surface area is 261 Å². The van der Waals surface area contributed by atoms with Crippen LogP contribution in [0.3, 0.4) is 0 Å². The second-order valence-electron chi connectivity index (χ2n) is 11.0. The van der Waals surface area contributed by atoms with Gasteiger partial charge in [0.25, 0.3) is 0 Å². The monoisotopic (exact) mass is 672 g/mol. The maximum Gasteiger partial charge on any atom is 0.347 e. The molecule has 1 fully saturated rings. The van der Waals surface area contributed by atoms with Gasteiger partial charge in [0, 0.05) is 76.7 Å². The Balaban J connectivity index is 1.76. The van der Waals surface area contributed by atoms with Crippen molar-refractivity contribution in [2.24, 2.45) is 0 Å². The topological polar surface area (TPSA) is 224 Å². The average molecular weight is 673 g/mol. The number of aromatic hydroxyl groups is 2. The van der Waals surface area contributed by atoms with E-state index in [0.29, 0.717) is 17.8 Å². The zero-order valence-corrected chi connectivity index (χ0v) is 26.8. The summed E-state index contributed by atoms with van der Waals surface area (Å²) in [5.41, 5.74) is 2.30. The molecule has 0 atom stereocenters. The third-order valence-corrected chi connectivity index (χ3v) is 8.49. The summed E-state index contributed by atoms with van der Waals surface area (Å²) in [6.07, 6.45) is 2.44. The van der Waals surface area contributed by atoms with Gasteiger partial charge in [-0.25, -0.2) is 4.79 Å². The summed E-state index contributed by atoms with van der Waals surface area (Å²) < 4.78 is 24.4. The van der Waals surface area contributed by atoms with Crippen LogP contribution in [-0.2, 0) is 13.9 Å². The number of carbonyl (C=O) groups excluding carboxylic acids is 1. The molecule has 0 saturated carbocycles. The number of carbonyl (C=O) groups is 1. The zero-order valence-electron chi connectivity index (χ0n) is 25.1. The standard InChI is InChI=1S/C27H42N6O10P2/c1-22-3-2-4-23(17-22)5-6-24(28)18-29-9-13-31(20-44(37,38)39)15-11-30(12-16-32(14-10-29)21-45(40,41)42)19-27(36)43-33-25(34)7-8-26(33)35/h2-8,17,28,34-35H,9-16,18-21H2,1H3,(H2,37,38,39)(H2,40,41,42). The lowest BCUT2D eigenvalue weighted by Gasteiger charge is -2.34. The molecule has 1 aliphatic heterocycles. The van der Waals surface area contributed by atoms with Gasteiger partial charge in [-0.3, -0.25) is 28.7 Å². The Kier molecular flexibility index (Phi) is 13.5. The summed E-state index contributed by atoms with van der Waals surface area (Å²) in [5.74, 6) is -1.85. The number of nitrogens with one attached hydrogen (secondary N) is 1. The Morgan fingerprint density at radius 2 is 1.27 bits per heavy atom. The lowest BCUT2D eigenvalue weighted by Crippen LogP contribution is -2.48. The number of aromatic nitrogens is 1. The van der Waals surface area contributed by atoms with Crippen molar-refractivity contribution in [1.82, 2.24) is 24.3 Å². The number of hydrogen-bond donors (Lipinski definition) is 7. The van der Waals surface area contributed by atoms with Crippen LogP contribution >= 0.6 is 15.2 Å². The highest BCUT2D eigenvalue weighted by Gasteiger charge is 2.26. The maximum atomic E-state index is 12.7. The van der Waals surface area contributed by atoms with Crippen LogP contribution in [0.1, 0.15) is 11.1 Å². The zero-order chi connectivity index (χ0) is 33.2. The molecule has 1 aliphatic rings. The summed E-state index contributed by atoms with van der Waals surface area (Å²) in [7, 11) is -8.90. The van der Waals surface area contributed by atoms with E-state index in [-0.39, 0.29) is 58.1 Å². The molecule has 1 aromatic carbocycles. The Hall–Kier alpha value is -2.88. The van der Waals surface area contributed by atoms with Crippen molar-refractivity contribution in [3.05, 3.63) is 53.6 Å². The summed E-state index contributed by atoms with van der Waals surface area (Å²) in [6, 6.07) is 10.1. The van der Waals surface area contributed by atoms with Gasteiger partial charge in [-0.1, -0.05) is 35.9 Å². The number of rotatable bonds is 11. The first-order valence-electron chi connectivity index (χ1n) is 14.2. The molecule has 2 heterocycles. The van der Waals surface area contributed by atoms with E-state index in [1.165, 1.54) is 0 Å². The van der Waals surface area contributed by atoms with Gasteiger partial charge in [0.15, 0.2) is 0 Å². The van der Waals surface area contributed by atoms with Gasteiger partial charge in [0.2, 0.25) is 11.8 Å². The number of benzene rings is 1. The van der Waals surface area contributed by atoms with Gasteiger partial charge < -0.3 is 40.0 Å². The predicted octanol–water partition coefficient (Wildman–Crippen LogP) is 0.388. The molecule has 18 heteroatoms. The molecule has 0 spiro atoms. The SMILES string of the molecule is Cc1cccc(C=CC(=N)CN2CCN(CP(=O)(O)O)CCN(CC(=O)On3c(O)ccc3O)CCN(CP(=O)(O)O)CC2)c1. The highest BCUT2D eigenvalue weighted by atomic mass is 31.2. The van der Waals surface area contributed by atoms with E-state index < -0.39 is 45.5 Å². The van der Waals surface area contributed by atoms with Crippen molar-refractivity contribution in [3.63, 3.8) is 0 Å². The molecule has 0 radical (unpaired) electrons. The van der Waals surface area contributed by atoms with Crippen LogP contribution in [-0.4, -0.2) is 144 Å². The minimum Gasteiger partial charge on any atom is -0.492 e. The lowest BCUT2D eigenvalue weighted by molar-refractivity contribution is -0.146. The van der Waals surface area contributed by atoms with Crippen LogP contribution in [0.15, 0.2) is 42.5 Å². The molecule has 0 amide bonds. The maximum absolute atomic E-state index is 12.7. The van der Waals surface area contributed by atoms with Crippen molar-refractivity contribution in [2.75, 3.05) is 78.0 Å². The van der Waals surface area contributed by atoms with Crippen LogP contribution in [0.2, 0.25) is 0 Å². The van der Waals surface area contributed by atoms with Crippen molar-refractivity contribution in [3.8, 4) is 11.8 Å². The second-order valence-corrected chi connectivity index (χ2v) is 14.2.